The Kier molecular flexibility index (Phi) is 3.88. The highest BCUT2D eigenvalue weighted by Gasteiger charge is 2.16. The van der Waals surface area contributed by atoms with E-state index >= 15 is 0 Å². The van der Waals surface area contributed by atoms with Crippen LogP contribution in [0.5, 0.6) is 5.75 Å². The van der Waals surface area contributed by atoms with E-state index in [1.165, 1.54) is 5.56 Å². The number of nitrogen functional groups attached to an aromatic ring is 1. The van der Waals surface area contributed by atoms with E-state index in [0.717, 1.165) is 36.5 Å². The Morgan fingerprint density at radius 3 is 2.76 bits per heavy atom. The maximum absolute atomic E-state index is 7.69. The molecule has 108 valence electrons. The molecule has 4 nitrogen and oxygen atoms in total. The summed E-state index contributed by atoms with van der Waals surface area (Å²) in [5.41, 5.74) is 8.77. The zero-order chi connectivity index (χ0) is 14.7. The lowest BCUT2D eigenvalue weighted by Gasteiger charge is -2.20. The maximum Gasteiger partial charge on any atom is 0.123 e. The SMILES string of the molecule is N=C(N)c1ccccc1CN1CCOc2ccccc2C1. The zero-order valence-corrected chi connectivity index (χ0v) is 11.9. The van der Waals surface area contributed by atoms with Crippen LogP contribution in [0.3, 0.4) is 0 Å². The van der Waals surface area contributed by atoms with Crippen LogP contribution in [0.25, 0.3) is 0 Å². The fraction of sp³-hybridized carbons (Fsp3) is 0.235. The molecule has 3 rings (SSSR count). The van der Waals surface area contributed by atoms with Gasteiger partial charge in [0.25, 0.3) is 0 Å². The first-order chi connectivity index (χ1) is 10.2. The number of ether oxygens (including phenoxy) is 1. The first-order valence-corrected chi connectivity index (χ1v) is 7.09. The van der Waals surface area contributed by atoms with Gasteiger partial charge < -0.3 is 10.5 Å². The van der Waals surface area contributed by atoms with Gasteiger partial charge in [-0.1, -0.05) is 42.5 Å². The Labute approximate surface area is 124 Å². The van der Waals surface area contributed by atoms with Gasteiger partial charge in [-0.05, 0) is 11.6 Å². The summed E-state index contributed by atoms with van der Waals surface area (Å²) in [4.78, 5) is 2.33. The number of nitrogens with two attached hydrogens (primary N) is 1. The molecule has 0 spiro atoms. The molecule has 0 saturated heterocycles. The van der Waals surface area contributed by atoms with Gasteiger partial charge in [0.05, 0.1) is 0 Å². The van der Waals surface area contributed by atoms with E-state index in [-0.39, 0.29) is 5.84 Å². The molecule has 1 aliphatic rings. The van der Waals surface area contributed by atoms with Gasteiger partial charge >= 0.3 is 0 Å². The van der Waals surface area contributed by atoms with Crippen molar-refractivity contribution in [1.29, 1.82) is 5.41 Å². The first-order valence-electron chi connectivity index (χ1n) is 7.09. The molecule has 0 amide bonds. The Bertz CT molecular complexity index is 654. The van der Waals surface area contributed by atoms with E-state index in [4.69, 9.17) is 15.9 Å². The number of amidine groups is 1. The van der Waals surface area contributed by atoms with Gasteiger partial charge in [-0.25, -0.2) is 0 Å². The van der Waals surface area contributed by atoms with Gasteiger partial charge in [0.15, 0.2) is 0 Å². The number of benzene rings is 2. The third-order valence-electron chi connectivity index (χ3n) is 3.73. The van der Waals surface area contributed by atoms with Crippen molar-refractivity contribution in [2.75, 3.05) is 13.2 Å². The van der Waals surface area contributed by atoms with Crippen molar-refractivity contribution in [2.45, 2.75) is 13.1 Å². The van der Waals surface area contributed by atoms with Crippen molar-refractivity contribution in [3.63, 3.8) is 0 Å². The predicted molar refractivity (Wildman–Crippen MR) is 83.5 cm³/mol. The average molecular weight is 281 g/mol. The minimum atomic E-state index is 0.122. The topological polar surface area (TPSA) is 62.3 Å². The van der Waals surface area contributed by atoms with E-state index in [1.54, 1.807) is 0 Å². The van der Waals surface area contributed by atoms with Gasteiger partial charge in [0.2, 0.25) is 0 Å². The van der Waals surface area contributed by atoms with Gasteiger partial charge in [-0.2, -0.15) is 0 Å². The van der Waals surface area contributed by atoms with Crippen molar-refractivity contribution < 1.29 is 4.74 Å². The van der Waals surface area contributed by atoms with Gasteiger partial charge in [-0.15, -0.1) is 0 Å². The quantitative estimate of drug-likeness (QED) is 0.670. The molecule has 21 heavy (non-hydrogen) atoms. The lowest BCUT2D eigenvalue weighted by molar-refractivity contribution is 0.219. The van der Waals surface area contributed by atoms with E-state index in [9.17, 15) is 0 Å². The summed E-state index contributed by atoms with van der Waals surface area (Å²) in [6.45, 7) is 3.16. The molecule has 1 heterocycles. The molecule has 0 saturated carbocycles. The number of nitrogens with one attached hydrogen (secondary N) is 1. The summed E-state index contributed by atoms with van der Waals surface area (Å²) in [6, 6.07) is 16.0. The number of hydrogen-bond donors (Lipinski definition) is 2. The summed E-state index contributed by atoms with van der Waals surface area (Å²) < 4.78 is 5.79. The molecule has 0 bridgehead atoms. The fourth-order valence-electron chi connectivity index (χ4n) is 2.68. The fourth-order valence-corrected chi connectivity index (χ4v) is 2.68. The second-order valence-corrected chi connectivity index (χ2v) is 5.24. The molecule has 0 aliphatic carbocycles. The lowest BCUT2D eigenvalue weighted by Crippen LogP contribution is -2.27. The molecular formula is C17H19N3O. The number of rotatable bonds is 3. The normalized spacial score (nSPS) is 14.9. The highest BCUT2D eigenvalue weighted by molar-refractivity contribution is 5.96. The van der Waals surface area contributed by atoms with Gasteiger partial charge in [-0.3, -0.25) is 10.3 Å². The van der Waals surface area contributed by atoms with Crippen molar-refractivity contribution in [3.05, 3.63) is 65.2 Å². The molecule has 0 unspecified atom stereocenters. The largest absolute Gasteiger partial charge is 0.492 e. The van der Waals surface area contributed by atoms with Crippen LogP contribution in [0.4, 0.5) is 0 Å². The summed E-state index contributed by atoms with van der Waals surface area (Å²) in [7, 11) is 0. The predicted octanol–water partition coefficient (Wildman–Crippen LogP) is 2.37. The molecule has 0 fully saturated rings. The van der Waals surface area contributed by atoms with Crippen molar-refractivity contribution >= 4 is 5.84 Å². The summed E-state index contributed by atoms with van der Waals surface area (Å²) >= 11 is 0. The van der Waals surface area contributed by atoms with Crippen LogP contribution in [-0.2, 0) is 13.1 Å². The molecular weight excluding hydrogens is 262 g/mol. The smallest absolute Gasteiger partial charge is 0.123 e. The van der Waals surface area contributed by atoms with Crippen LogP contribution >= 0.6 is 0 Å². The first kappa shape index (κ1) is 13.6. The Morgan fingerprint density at radius 2 is 1.90 bits per heavy atom. The Hall–Kier alpha value is -2.33. The standard InChI is InChI=1S/C17H19N3O/c18-17(19)15-7-3-1-5-13(15)11-20-9-10-21-16-8-4-2-6-14(16)12-20/h1-8H,9-12H2,(H3,18,19). The number of hydrogen-bond acceptors (Lipinski definition) is 3. The second kappa shape index (κ2) is 5.97. The molecule has 2 aromatic rings. The van der Waals surface area contributed by atoms with E-state index in [2.05, 4.69) is 11.0 Å². The molecule has 4 heteroatoms. The number of fused-ring (bicyclic) bond motifs is 1. The van der Waals surface area contributed by atoms with Crippen molar-refractivity contribution in [1.82, 2.24) is 4.90 Å². The van der Waals surface area contributed by atoms with Crippen LogP contribution in [0.2, 0.25) is 0 Å². The van der Waals surface area contributed by atoms with E-state index in [1.807, 2.05) is 42.5 Å². The minimum Gasteiger partial charge on any atom is -0.492 e. The van der Waals surface area contributed by atoms with Crippen LogP contribution < -0.4 is 10.5 Å². The third-order valence-corrected chi connectivity index (χ3v) is 3.73. The van der Waals surface area contributed by atoms with Crippen molar-refractivity contribution in [3.8, 4) is 5.75 Å². The summed E-state index contributed by atoms with van der Waals surface area (Å²) in [6.07, 6.45) is 0. The van der Waals surface area contributed by atoms with E-state index in [0.29, 0.717) is 6.61 Å². The van der Waals surface area contributed by atoms with Gasteiger partial charge in [0, 0.05) is 30.8 Å². The van der Waals surface area contributed by atoms with E-state index < -0.39 is 0 Å². The maximum atomic E-state index is 7.69. The van der Waals surface area contributed by atoms with Crippen molar-refractivity contribution in [2.24, 2.45) is 5.73 Å². The second-order valence-electron chi connectivity index (χ2n) is 5.24. The van der Waals surface area contributed by atoms with Crippen LogP contribution in [0.15, 0.2) is 48.5 Å². The Morgan fingerprint density at radius 1 is 1.14 bits per heavy atom. The highest BCUT2D eigenvalue weighted by atomic mass is 16.5. The number of nitrogens with zero attached hydrogens (tertiary/aromatic N) is 1. The lowest BCUT2D eigenvalue weighted by atomic mass is 10.1. The Balaban J connectivity index is 1.81. The third kappa shape index (κ3) is 3.06. The average Bonchev–Trinajstić information content (AvgIpc) is 2.69. The minimum absolute atomic E-state index is 0.122. The van der Waals surface area contributed by atoms with Gasteiger partial charge in [0.1, 0.15) is 18.2 Å². The molecule has 2 aromatic carbocycles. The summed E-state index contributed by atoms with van der Waals surface area (Å²) in [5.74, 6) is 1.09. The number of para-hydroxylation sites is 1. The molecule has 0 atom stereocenters. The molecule has 0 aromatic heterocycles. The molecule has 0 radical (unpaired) electrons. The molecule has 3 N–H and O–H groups in total. The zero-order valence-electron chi connectivity index (χ0n) is 11.9. The molecule has 1 aliphatic heterocycles. The van der Waals surface area contributed by atoms with Crippen LogP contribution in [0, 0.1) is 5.41 Å². The van der Waals surface area contributed by atoms with Crippen LogP contribution in [0.1, 0.15) is 16.7 Å². The highest BCUT2D eigenvalue weighted by Crippen LogP contribution is 2.23. The summed E-state index contributed by atoms with van der Waals surface area (Å²) in [5, 5.41) is 7.69. The monoisotopic (exact) mass is 281 g/mol. The van der Waals surface area contributed by atoms with Crippen LogP contribution in [-0.4, -0.2) is 23.9 Å².